The van der Waals surface area contributed by atoms with Gasteiger partial charge in [0.1, 0.15) is 5.60 Å². The van der Waals surface area contributed by atoms with Crippen LogP contribution in [0.1, 0.15) is 34.1 Å². The van der Waals surface area contributed by atoms with E-state index < -0.39 is 5.60 Å². The molecule has 1 rings (SSSR count). The highest BCUT2D eigenvalue weighted by molar-refractivity contribution is 5.84. The van der Waals surface area contributed by atoms with Crippen molar-refractivity contribution in [1.82, 2.24) is 4.90 Å². The molecule has 0 aromatic rings. The van der Waals surface area contributed by atoms with Gasteiger partial charge in [0.25, 0.3) is 5.91 Å². The van der Waals surface area contributed by atoms with Crippen LogP contribution in [0, 0.1) is 5.41 Å². The second-order valence-corrected chi connectivity index (χ2v) is 5.36. The van der Waals surface area contributed by atoms with E-state index >= 15 is 0 Å². The topological polar surface area (TPSA) is 29.5 Å². The molecule has 1 fully saturated rings. The minimum Gasteiger partial charge on any atom is -0.369 e. The number of likely N-dealkylation sites (tertiary alicyclic amines) is 1. The van der Waals surface area contributed by atoms with Crippen molar-refractivity contribution in [3.63, 3.8) is 0 Å². The van der Waals surface area contributed by atoms with Gasteiger partial charge in [0, 0.05) is 20.2 Å². The van der Waals surface area contributed by atoms with E-state index in [1.165, 1.54) is 0 Å². The lowest BCUT2D eigenvalue weighted by atomic mass is 9.93. The van der Waals surface area contributed by atoms with Crippen molar-refractivity contribution in [2.24, 2.45) is 5.41 Å². The molecule has 3 heteroatoms. The molecule has 0 aromatic carbocycles. The molecular formula is C11H21NO2. The Morgan fingerprint density at radius 1 is 1.43 bits per heavy atom. The Balaban J connectivity index is 2.65. The molecule has 3 nitrogen and oxygen atoms in total. The fourth-order valence-electron chi connectivity index (χ4n) is 1.75. The second kappa shape index (κ2) is 3.54. The molecule has 0 radical (unpaired) electrons. The number of rotatable bonds is 2. The molecule has 1 aliphatic rings. The summed E-state index contributed by atoms with van der Waals surface area (Å²) in [5, 5.41) is 0. The van der Waals surface area contributed by atoms with E-state index in [2.05, 4.69) is 13.8 Å². The van der Waals surface area contributed by atoms with Crippen LogP contribution in [0.5, 0.6) is 0 Å². The number of nitrogens with zero attached hydrogens (tertiary/aromatic N) is 1. The minimum absolute atomic E-state index is 0.102. The molecule has 1 amide bonds. The van der Waals surface area contributed by atoms with Gasteiger partial charge >= 0.3 is 0 Å². The number of carbonyl (C=O) groups excluding carboxylic acids is 1. The first-order valence-corrected chi connectivity index (χ1v) is 5.13. The van der Waals surface area contributed by atoms with Crippen LogP contribution in [-0.2, 0) is 9.53 Å². The van der Waals surface area contributed by atoms with Crippen LogP contribution in [0.2, 0.25) is 0 Å². The summed E-state index contributed by atoms with van der Waals surface area (Å²) in [6, 6.07) is 0. The molecule has 1 heterocycles. The normalized spacial score (nSPS) is 21.4. The van der Waals surface area contributed by atoms with Crippen molar-refractivity contribution in [3.8, 4) is 0 Å². The highest BCUT2D eigenvalue weighted by Crippen LogP contribution is 2.30. The highest BCUT2D eigenvalue weighted by Gasteiger charge is 2.38. The summed E-state index contributed by atoms with van der Waals surface area (Å²) in [5.74, 6) is 0.102. The fourth-order valence-corrected chi connectivity index (χ4v) is 1.75. The van der Waals surface area contributed by atoms with E-state index in [1.54, 1.807) is 7.11 Å². The van der Waals surface area contributed by atoms with Crippen LogP contribution in [0.3, 0.4) is 0 Å². The van der Waals surface area contributed by atoms with Gasteiger partial charge in [0.2, 0.25) is 0 Å². The van der Waals surface area contributed by atoms with Gasteiger partial charge in [-0.1, -0.05) is 13.8 Å². The first kappa shape index (κ1) is 11.5. The third-order valence-corrected chi connectivity index (χ3v) is 2.99. The maximum Gasteiger partial charge on any atom is 0.254 e. The maximum absolute atomic E-state index is 12.0. The van der Waals surface area contributed by atoms with Crippen LogP contribution in [0.25, 0.3) is 0 Å². The van der Waals surface area contributed by atoms with Crippen molar-refractivity contribution in [2.75, 3.05) is 20.2 Å². The molecule has 0 N–H and O–H groups in total. The van der Waals surface area contributed by atoms with Crippen molar-refractivity contribution < 1.29 is 9.53 Å². The van der Waals surface area contributed by atoms with Gasteiger partial charge in [-0.05, 0) is 25.7 Å². The van der Waals surface area contributed by atoms with Gasteiger partial charge in [0.15, 0.2) is 0 Å². The Morgan fingerprint density at radius 2 is 2.00 bits per heavy atom. The number of hydrogen-bond donors (Lipinski definition) is 0. The van der Waals surface area contributed by atoms with E-state index in [0.29, 0.717) is 0 Å². The van der Waals surface area contributed by atoms with Gasteiger partial charge in [-0.25, -0.2) is 0 Å². The van der Waals surface area contributed by atoms with Gasteiger partial charge in [-0.2, -0.15) is 0 Å². The fraction of sp³-hybridized carbons (Fsp3) is 0.909. The van der Waals surface area contributed by atoms with E-state index in [4.69, 9.17) is 4.74 Å². The molecule has 82 valence electrons. The zero-order valence-electron chi connectivity index (χ0n) is 9.89. The molecule has 1 saturated heterocycles. The molecule has 0 aromatic heterocycles. The Morgan fingerprint density at radius 3 is 2.36 bits per heavy atom. The molecule has 0 aliphatic carbocycles. The zero-order valence-corrected chi connectivity index (χ0v) is 9.89. The minimum atomic E-state index is -0.680. The van der Waals surface area contributed by atoms with E-state index in [9.17, 15) is 4.79 Å². The van der Waals surface area contributed by atoms with Crippen molar-refractivity contribution >= 4 is 5.91 Å². The Kier molecular flexibility index (Phi) is 2.91. The summed E-state index contributed by atoms with van der Waals surface area (Å²) in [7, 11) is 1.58. The summed E-state index contributed by atoms with van der Waals surface area (Å²) in [6.45, 7) is 9.73. The molecular weight excluding hydrogens is 178 g/mol. The number of amides is 1. The number of ether oxygens (including phenoxy) is 1. The predicted molar refractivity (Wildman–Crippen MR) is 56.1 cm³/mol. The van der Waals surface area contributed by atoms with Crippen molar-refractivity contribution in [1.29, 1.82) is 0 Å². The van der Waals surface area contributed by atoms with Crippen molar-refractivity contribution in [3.05, 3.63) is 0 Å². The lowest BCUT2D eigenvalue weighted by Gasteiger charge is -2.28. The molecule has 0 saturated carbocycles. The third kappa shape index (κ3) is 2.27. The Bertz CT molecular complexity index is 233. The second-order valence-electron chi connectivity index (χ2n) is 5.36. The van der Waals surface area contributed by atoms with Gasteiger partial charge < -0.3 is 9.64 Å². The van der Waals surface area contributed by atoms with Crippen LogP contribution in [0.15, 0.2) is 0 Å². The van der Waals surface area contributed by atoms with Crippen LogP contribution >= 0.6 is 0 Å². The van der Waals surface area contributed by atoms with Crippen molar-refractivity contribution in [2.45, 2.75) is 39.7 Å². The van der Waals surface area contributed by atoms with E-state index in [0.717, 1.165) is 19.5 Å². The van der Waals surface area contributed by atoms with Gasteiger partial charge in [0.05, 0.1) is 0 Å². The Labute approximate surface area is 86.4 Å². The molecule has 0 unspecified atom stereocenters. The number of hydrogen-bond acceptors (Lipinski definition) is 2. The highest BCUT2D eigenvalue weighted by atomic mass is 16.5. The van der Waals surface area contributed by atoms with E-state index in [-0.39, 0.29) is 11.3 Å². The summed E-state index contributed by atoms with van der Waals surface area (Å²) in [5.41, 5.74) is -0.417. The summed E-state index contributed by atoms with van der Waals surface area (Å²) >= 11 is 0. The average Bonchev–Trinajstić information content (AvgIpc) is 2.44. The molecule has 1 aliphatic heterocycles. The summed E-state index contributed by atoms with van der Waals surface area (Å²) in [4.78, 5) is 13.9. The van der Waals surface area contributed by atoms with Gasteiger partial charge in [-0.15, -0.1) is 0 Å². The number of methoxy groups -OCH3 is 1. The quantitative estimate of drug-likeness (QED) is 0.677. The smallest absolute Gasteiger partial charge is 0.254 e. The third-order valence-electron chi connectivity index (χ3n) is 2.99. The molecule has 0 bridgehead atoms. The van der Waals surface area contributed by atoms with Crippen LogP contribution < -0.4 is 0 Å². The Hall–Kier alpha value is -0.570. The zero-order chi connectivity index (χ0) is 11.0. The largest absolute Gasteiger partial charge is 0.369 e. The standard InChI is InChI=1S/C11H21NO2/c1-10(2)6-7-12(8-10)9(13)11(3,4)14-5/h6-8H2,1-5H3. The average molecular weight is 199 g/mol. The lowest BCUT2D eigenvalue weighted by Crippen LogP contribution is -2.45. The number of carbonyl (C=O) groups is 1. The van der Waals surface area contributed by atoms with Gasteiger partial charge in [-0.3, -0.25) is 4.79 Å². The van der Waals surface area contributed by atoms with E-state index in [1.807, 2.05) is 18.7 Å². The summed E-state index contributed by atoms with van der Waals surface area (Å²) < 4.78 is 5.19. The molecule has 0 atom stereocenters. The monoisotopic (exact) mass is 199 g/mol. The lowest BCUT2D eigenvalue weighted by molar-refractivity contribution is -0.150. The summed E-state index contributed by atoms with van der Waals surface area (Å²) in [6.07, 6.45) is 1.08. The first-order chi connectivity index (χ1) is 6.28. The molecule has 0 spiro atoms. The van der Waals surface area contributed by atoms with Crippen LogP contribution in [0.4, 0.5) is 0 Å². The predicted octanol–water partition coefficient (Wildman–Crippen LogP) is 1.67. The van der Waals surface area contributed by atoms with Crippen LogP contribution in [-0.4, -0.2) is 36.6 Å². The SMILES string of the molecule is COC(C)(C)C(=O)N1CCC(C)(C)C1. The first-order valence-electron chi connectivity index (χ1n) is 5.13. The molecule has 14 heavy (non-hydrogen) atoms. The maximum atomic E-state index is 12.0.